The van der Waals surface area contributed by atoms with Crippen molar-refractivity contribution in [2.24, 2.45) is 4.99 Å². The second-order valence-corrected chi connectivity index (χ2v) is 8.46. The maximum Gasteiger partial charge on any atom is 0.407 e. The fourth-order valence-electron chi connectivity index (χ4n) is 3.26. The van der Waals surface area contributed by atoms with E-state index in [4.69, 9.17) is 4.74 Å². The third kappa shape index (κ3) is 9.65. The summed E-state index contributed by atoms with van der Waals surface area (Å²) in [6.45, 7) is 10.1. The van der Waals surface area contributed by atoms with Crippen LogP contribution in [0, 0.1) is 0 Å². The summed E-state index contributed by atoms with van der Waals surface area (Å²) in [5.74, 6) is 0.823. The van der Waals surface area contributed by atoms with Crippen molar-refractivity contribution in [1.29, 1.82) is 0 Å². The van der Waals surface area contributed by atoms with Gasteiger partial charge in [0.25, 0.3) is 0 Å². The van der Waals surface area contributed by atoms with E-state index in [1.54, 1.807) is 7.05 Å². The van der Waals surface area contributed by atoms with Crippen LogP contribution < -0.4 is 16.0 Å². The molecule has 0 atom stereocenters. The topological polar surface area (TPSA) is 78.0 Å². The minimum Gasteiger partial charge on any atom is -0.444 e. The SMILES string of the molecule is CN=C(NCCCNC(=O)OC(C)(C)C)NC1CCN(Cc2ccccc2)CC1. The summed E-state index contributed by atoms with van der Waals surface area (Å²) in [5.41, 5.74) is 0.904. The zero-order valence-corrected chi connectivity index (χ0v) is 18.3. The molecule has 1 heterocycles. The van der Waals surface area contributed by atoms with Crippen LogP contribution in [0.5, 0.6) is 0 Å². The molecule has 1 aliphatic heterocycles. The predicted molar refractivity (Wildman–Crippen MR) is 118 cm³/mol. The molecular weight excluding hydrogens is 366 g/mol. The molecule has 3 N–H and O–H groups in total. The number of guanidine groups is 1. The van der Waals surface area contributed by atoms with E-state index in [1.807, 2.05) is 20.8 Å². The van der Waals surface area contributed by atoms with Crippen molar-refractivity contribution in [2.45, 2.75) is 58.2 Å². The molecule has 0 spiro atoms. The Bertz CT molecular complexity index is 634. The van der Waals surface area contributed by atoms with Crippen LogP contribution in [0.1, 0.15) is 45.6 Å². The fraction of sp³-hybridized carbons (Fsp3) is 0.636. The first-order chi connectivity index (χ1) is 13.9. The molecule has 7 nitrogen and oxygen atoms in total. The molecule has 0 aromatic heterocycles. The van der Waals surface area contributed by atoms with Crippen LogP contribution in [-0.4, -0.2) is 61.8 Å². The summed E-state index contributed by atoms with van der Waals surface area (Å²) in [4.78, 5) is 18.4. The van der Waals surface area contributed by atoms with E-state index >= 15 is 0 Å². The molecule has 0 aliphatic carbocycles. The van der Waals surface area contributed by atoms with Crippen LogP contribution in [0.3, 0.4) is 0 Å². The van der Waals surface area contributed by atoms with Gasteiger partial charge >= 0.3 is 6.09 Å². The lowest BCUT2D eigenvalue weighted by atomic mass is 10.0. The number of carbonyl (C=O) groups is 1. The number of aliphatic imine (C=N–C) groups is 1. The summed E-state index contributed by atoms with van der Waals surface area (Å²) in [6, 6.07) is 11.1. The Morgan fingerprint density at radius 3 is 2.41 bits per heavy atom. The maximum absolute atomic E-state index is 11.6. The number of carbonyl (C=O) groups excluding carboxylic acids is 1. The van der Waals surface area contributed by atoms with Gasteiger partial charge in [-0.25, -0.2) is 4.79 Å². The molecule has 1 aromatic carbocycles. The number of nitrogens with zero attached hydrogens (tertiary/aromatic N) is 2. The lowest BCUT2D eigenvalue weighted by Crippen LogP contribution is -2.48. The summed E-state index contributed by atoms with van der Waals surface area (Å²) in [5, 5.41) is 9.61. The Hall–Kier alpha value is -2.28. The van der Waals surface area contributed by atoms with Crippen LogP contribution in [-0.2, 0) is 11.3 Å². The Balaban J connectivity index is 1.59. The Kier molecular flexibility index (Phi) is 9.25. The predicted octanol–water partition coefficient (Wildman–Crippen LogP) is 2.73. The highest BCUT2D eigenvalue weighted by atomic mass is 16.6. The second kappa shape index (κ2) is 11.7. The van der Waals surface area contributed by atoms with Gasteiger partial charge in [0.05, 0.1) is 0 Å². The maximum atomic E-state index is 11.6. The normalized spacial score (nSPS) is 16.3. The van der Waals surface area contributed by atoms with Crippen molar-refractivity contribution in [3.63, 3.8) is 0 Å². The molecule has 0 radical (unpaired) electrons. The van der Waals surface area contributed by atoms with Gasteiger partial charge in [0, 0.05) is 45.8 Å². The number of hydrogen-bond acceptors (Lipinski definition) is 4. The Morgan fingerprint density at radius 1 is 1.14 bits per heavy atom. The van der Waals surface area contributed by atoms with Crippen LogP contribution in [0.25, 0.3) is 0 Å². The van der Waals surface area contributed by atoms with Crippen molar-refractivity contribution >= 4 is 12.1 Å². The minimum atomic E-state index is -0.467. The molecule has 29 heavy (non-hydrogen) atoms. The number of rotatable bonds is 7. The highest BCUT2D eigenvalue weighted by molar-refractivity contribution is 5.79. The standard InChI is InChI=1S/C22H37N5O2/c1-22(2,3)29-21(28)25-14-8-13-24-20(23-4)26-19-11-15-27(16-12-19)17-18-9-6-5-7-10-18/h5-7,9-10,19H,8,11-17H2,1-4H3,(H,25,28)(H2,23,24,26). The lowest BCUT2D eigenvalue weighted by molar-refractivity contribution is 0.0527. The van der Waals surface area contributed by atoms with Crippen molar-refractivity contribution in [2.75, 3.05) is 33.2 Å². The molecule has 1 saturated heterocycles. The van der Waals surface area contributed by atoms with Crippen LogP contribution in [0.15, 0.2) is 35.3 Å². The first-order valence-electron chi connectivity index (χ1n) is 10.6. The Labute approximate surface area is 175 Å². The fourth-order valence-corrected chi connectivity index (χ4v) is 3.26. The third-order valence-electron chi connectivity index (χ3n) is 4.72. The van der Waals surface area contributed by atoms with E-state index in [-0.39, 0.29) is 6.09 Å². The highest BCUT2D eigenvalue weighted by Gasteiger charge is 2.20. The van der Waals surface area contributed by atoms with Crippen LogP contribution >= 0.6 is 0 Å². The number of benzene rings is 1. The highest BCUT2D eigenvalue weighted by Crippen LogP contribution is 2.13. The van der Waals surface area contributed by atoms with Crippen molar-refractivity contribution in [3.8, 4) is 0 Å². The van der Waals surface area contributed by atoms with Gasteiger partial charge in [-0.2, -0.15) is 0 Å². The van der Waals surface area contributed by atoms with Gasteiger partial charge in [-0.15, -0.1) is 0 Å². The van der Waals surface area contributed by atoms with Crippen molar-refractivity contribution < 1.29 is 9.53 Å². The zero-order valence-electron chi connectivity index (χ0n) is 18.3. The largest absolute Gasteiger partial charge is 0.444 e. The average Bonchev–Trinajstić information content (AvgIpc) is 2.67. The molecule has 0 saturated carbocycles. The van der Waals surface area contributed by atoms with E-state index in [0.717, 1.165) is 51.4 Å². The van der Waals surface area contributed by atoms with Gasteiger partial charge < -0.3 is 20.7 Å². The molecule has 0 bridgehead atoms. The molecule has 162 valence electrons. The lowest BCUT2D eigenvalue weighted by Gasteiger charge is -2.33. The van der Waals surface area contributed by atoms with Crippen molar-refractivity contribution in [1.82, 2.24) is 20.9 Å². The van der Waals surface area contributed by atoms with Crippen molar-refractivity contribution in [3.05, 3.63) is 35.9 Å². The van der Waals surface area contributed by atoms with E-state index in [9.17, 15) is 4.79 Å². The number of ether oxygens (including phenoxy) is 1. The summed E-state index contributed by atoms with van der Waals surface area (Å²) < 4.78 is 5.22. The van der Waals surface area contributed by atoms with Gasteiger partial charge in [0.1, 0.15) is 5.60 Å². The van der Waals surface area contributed by atoms with E-state index in [2.05, 4.69) is 56.2 Å². The van der Waals surface area contributed by atoms with Crippen LogP contribution in [0.4, 0.5) is 4.79 Å². The molecule has 1 aliphatic rings. The van der Waals surface area contributed by atoms with E-state index < -0.39 is 5.60 Å². The molecule has 0 unspecified atom stereocenters. The monoisotopic (exact) mass is 403 g/mol. The molecule has 7 heteroatoms. The van der Waals surface area contributed by atoms with E-state index in [0.29, 0.717) is 12.6 Å². The number of alkyl carbamates (subject to hydrolysis) is 1. The van der Waals surface area contributed by atoms with Gasteiger partial charge in [-0.1, -0.05) is 30.3 Å². The number of hydrogen-bond donors (Lipinski definition) is 3. The number of piperidine rings is 1. The summed E-state index contributed by atoms with van der Waals surface area (Å²) >= 11 is 0. The van der Waals surface area contributed by atoms with Gasteiger partial charge in [-0.3, -0.25) is 9.89 Å². The summed E-state index contributed by atoms with van der Waals surface area (Å²) in [6.07, 6.45) is 2.64. The molecule has 1 aromatic rings. The van der Waals surface area contributed by atoms with Gasteiger partial charge in [0.2, 0.25) is 0 Å². The first-order valence-corrected chi connectivity index (χ1v) is 10.6. The van der Waals surface area contributed by atoms with Crippen LogP contribution in [0.2, 0.25) is 0 Å². The van der Waals surface area contributed by atoms with Gasteiger partial charge in [-0.05, 0) is 45.6 Å². The molecule has 1 fully saturated rings. The van der Waals surface area contributed by atoms with Gasteiger partial charge in [0.15, 0.2) is 5.96 Å². The second-order valence-electron chi connectivity index (χ2n) is 8.46. The minimum absolute atomic E-state index is 0.373. The molecular formula is C22H37N5O2. The molecule has 2 rings (SSSR count). The number of likely N-dealkylation sites (tertiary alicyclic amines) is 1. The van der Waals surface area contributed by atoms with E-state index in [1.165, 1.54) is 5.56 Å². The summed E-state index contributed by atoms with van der Waals surface area (Å²) in [7, 11) is 1.79. The zero-order chi connectivity index (χ0) is 21.1. The Morgan fingerprint density at radius 2 is 1.79 bits per heavy atom. The first kappa shape index (κ1) is 23.0. The smallest absolute Gasteiger partial charge is 0.407 e. The number of amides is 1. The molecule has 1 amide bonds. The average molecular weight is 404 g/mol. The number of nitrogens with one attached hydrogen (secondary N) is 3. The third-order valence-corrected chi connectivity index (χ3v) is 4.72. The quantitative estimate of drug-likeness (QED) is 0.371.